The number of halogens is 1. The van der Waals surface area contributed by atoms with Crippen LogP contribution in [0.15, 0.2) is 66.8 Å². The predicted molar refractivity (Wildman–Crippen MR) is 123 cm³/mol. The van der Waals surface area contributed by atoms with Gasteiger partial charge in [0, 0.05) is 19.6 Å². The van der Waals surface area contributed by atoms with E-state index in [0.29, 0.717) is 0 Å². The highest BCUT2D eigenvalue weighted by Crippen LogP contribution is 2.18. The van der Waals surface area contributed by atoms with Crippen molar-refractivity contribution in [2.75, 3.05) is 26.2 Å². The summed E-state index contributed by atoms with van der Waals surface area (Å²) >= 11 is 0. The lowest BCUT2D eigenvalue weighted by molar-refractivity contribution is 0.283. The van der Waals surface area contributed by atoms with E-state index in [1.54, 1.807) is 6.07 Å². The molecule has 3 rings (SSSR count). The van der Waals surface area contributed by atoms with Crippen molar-refractivity contribution in [2.45, 2.75) is 39.7 Å². The Balaban J connectivity index is 0.000000234. The molecule has 0 atom stereocenters. The molecule has 0 amide bonds. The molecule has 156 valence electrons. The van der Waals surface area contributed by atoms with Crippen LogP contribution in [-0.2, 0) is 13.0 Å². The normalized spacial score (nSPS) is 15.3. The van der Waals surface area contributed by atoms with Crippen LogP contribution in [0.2, 0.25) is 0 Å². The van der Waals surface area contributed by atoms with Crippen molar-refractivity contribution in [1.29, 1.82) is 0 Å². The van der Waals surface area contributed by atoms with Crippen molar-refractivity contribution in [3.05, 3.63) is 89.3 Å². The largest absolute Gasteiger partial charge is 0.315 e. The van der Waals surface area contributed by atoms with E-state index >= 15 is 0 Å². The van der Waals surface area contributed by atoms with Crippen LogP contribution in [0.1, 0.15) is 43.4 Å². The van der Waals surface area contributed by atoms with E-state index < -0.39 is 0 Å². The predicted octanol–water partition coefficient (Wildman–Crippen LogP) is 5.85. The van der Waals surface area contributed by atoms with Crippen molar-refractivity contribution < 1.29 is 4.39 Å². The zero-order valence-corrected chi connectivity index (χ0v) is 17.9. The van der Waals surface area contributed by atoms with Crippen LogP contribution in [0.4, 0.5) is 4.39 Å². The molecule has 0 bridgehead atoms. The molecule has 2 aromatic rings. The third-order valence-electron chi connectivity index (χ3n) is 4.93. The lowest BCUT2D eigenvalue weighted by Crippen LogP contribution is -2.28. The van der Waals surface area contributed by atoms with Crippen molar-refractivity contribution in [2.24, 2.45) is 0 Å². The molecule has 0 unspecified atom stereocenters. The Kier molecular flexibility index (Phi) is 11.0. The maximum absolute atomic E-state index is 13.8. The summed E-state index contributed by atoms with van der Waals surface area (Å²) in [6, 6.07) is 15.8. The molecule has 1 saturated heterocycles. The second-order valence-corrected chi connectivity index (χ2v) is 7.30. The zero-order chi connectivity index (χ0) is 20.7. The van der Waals surface area contributed by atoms with Crippen molar-refractivity contribution in [1.82, 2.24) is 10.2 Å². The minimum absolute atomic E-state index is 0.0395. The molecule has 0 spiro atoms. The molecule has 0 aromatic heterocycles. The number of rotatable bonds is 6. The van der Waals surface area contributed by atoms with Gasteiger partial charge in [-0.3, -0.25) is 4.90 Å². The molecule has 2 nitrogen and oxygen atoms in total. The minimum Gasteiger partial charge on any atom is -0.315 e. The molecule has 0 aliphatic carbocycles. The quantitative estimate of drug-likeness (QED) is 0.618. The second-order valence-electron chi connectivity index (χ2n) is 7.30. The molecule has 3 heteroatoms. The molecule has 1 N–H and O–H groups in total. The van der Waals surface area contributed by atoms with Gasteiger partial charge in [-0.2, -0.15) is 0 Å². The van der Waals surface area contributed by atoms with E-state index in [1.807, 2.05) is 49.4 Å². The maximum atomic E-state index is 13.8. The standard InChI is InChI=1S/C15H23FN2.C11H12/c1-2-5-14-13(6-3-7-15(14)16)12-18-10-4-8-17-9-11-18;1-2-3-5-8-11-9-6-4-7-10-11/h3,6-7,17H,2,4-5,8-12H2,1H3;2-10H,1H3/b;3-2-,8-5-. The van der Waals surface area contributed by atoms with Crippen LogP contribution in [-0.4, -0.2) is 31.1 Å². The Morgan fingerprint density at radius 2 is 1.83 bits per heavy atom. The SMILES string of the molecule is C/C=C\C=C/c1ccccc1.CCCc1c(F)cccc1CN1CCCNCC1. The van der Waals surface area contributed by atoms with Crippen LogP contribution in [0.25, 0.3) is 6.08 Å². The van der Waals surface area contributed by atoms with Crippen LogP contribution in [0.5, 0.6) is 0 Å². The van der Waals surface area contributed by atoms with Gasteiger partial charge in [-0.05, 0) is 55.6 Å². The average Bonchev–Trinajstić information content (AvgIpc) is 3.01. The van der Waals surface area contributed by atoms with E-state index in [9.17, 15) is 4.39 Å². The van der Waals surface area contributed by atoms with Crippen LogP contribution in [0.3, 0.4) is 0 Å². The summed E-state index contributed by atoms with van der Waals surface area (Å²) < 4.78 is 13.8. The van der Waals surface area contributed by atoms with Crippen LogP contribution in [0, 0.1) is 5.82 Å². The van der Waals surface area contributed by atoms with Gasteiger partial charge in [-0.25, -0.2) is 4.39 Å². The molecule has 29 heavy (non-hydrogen) atoms. The number of allylic oxidation sites excluding steroid dienone is 3. The van der Waals surface area contributed by atoms with Gasteiger partial charge in [0.25, 0.3) is 0 Å². The number of hydrogen-bond donors (Lipinski definition) is 1. The smallest absolute Gasteiger partial charge is 0.126 e. The molecule has 1 fully saturated rings. The van der Waals surface area contributed by atoms with Crippen molar-refractivity contribution in [3.8, 4) is 0 Å². The Labute approximate surface area is 176 Å². The highest BCUT2D eigenvalue weighted by molar-refractivity contribution is 5.50. The fraction of sp³-hybridized carbons (Fsp3) is 0.385. The summed E-state index contributed by atoms with van der Waals surface area (Å²) in [5, 5.41) is 3.40. The number of nitrogens with one attached hydrogen (secondary N) is 1. The highest BCUT2D eigenvalue weighted by atomic mass is 19.1. The summed E-state index contributed by atoms with van der Waals surface area (Å²) in [6.45, 7) is 9.30. The average molecular weight is 395 g/mol. The number of hydrogen-bond acceptors (Lipinski definition) is 2. The van der Waals surface area contributed by atoms with Crippen LogP contribution >= 0.6 is 0 Å². The van der Waals surface area contributed by atoms with Crippen molar-refractivity contribution >= 4 is 6.08 Å². The molecule has 0 saturated carbocycles. The van der Waals surface area contributed by atoms with Crippen molar-refractivity contribution in [3.63, 3.8) is 0 Å². The lowest BCUT2D eigenvalue weighted by atomic mass is 10.0. The van der Waals surface area contributed by atoms with E-state index in [-0.39, 0.29) is 5.82 Å². The summed E-state index contributed by atoms with van der Waals surface area (Å²) in [6.07, 6.45) is 11.2. The number of benzene rings is 2. The fourth-order valence-electron chi connectivity index (χ4n) is 3.42. The lowest BCUT2D eigenvalue weighted by Gasteiger charge is -2.21. The third-order valence-corrected chi connectivity index (χ3v) is 4.93. The molecular weight excluding hydrogens is 359 g/mol. The molecule has 2 aromatic carbocycles. The molecule has 1 heterocycles. The molecule has 1 aliphatic heterocycles. The van der Waals surface area contributed by atoms with Gasteiger partial charge in [-0.1, -0.05) is 80.1 Å². The van der Waals surface area contributed by atoms with Gasteiger partial charge in [0.1, 0.15) is 5.82 Å². The first-order valence-corrected chi connectivity index (χ1v) is 10.8. The first-order chi connectivity index (χ1) is 14.2. The Morgan fingerprint density at radius 1 is 1.00 bits per heavy atom. The van der Waals surface area contributed by atoms with Gasteiger partial charge in [-0.15, -0.1) is 0 Å². The van der Waals surface area contributed by atoms with E-state index in [1.165, 1.54) is 17.5 Å². The minimum atomic E-state index is -0.0395. The fourth-order valence-corrected chi connectivity index (χ4v) is 3.42. The summed E-state index contributed by atoms with van der Waals surface area (Å²) in [5.41, 5.74) is 3.32. The van der Waals surface area contributed by atoms with E-state index in [0.717, 1.165) is 51.1 Å². The van der Waals surface area contributed by atoms with Gasteiger partial charge >= 0.3 is 0 Å². The van der Waals surface area contributed by atoms with Gasteiger partial charge < -0.3 is 5.32 Å². The van der Waals surface area contributed by atoms with Gasteiger partial charge in [0.05, 0.1) is 0 Å². The first kappa shape index (κ1) is 23.1. The van der Waals surface area contributed by atoms with Crippen LogP contribution < -0.4 is 5.32 Å². The highest BCUT2D eigenvalue weighted by Gasteiger charge is 2.13. The van der Waals surface area contributed by atoms with E-state index in [4.69, 9.17) is 0 Å². The van der Waals surface area contributed by atoms with Gasteiger partial charge in [0.2, 0.25) is 0 Å². The Hall–Kier alpha value is -2.23. The zero-order valence-electron chi connectivity index (χ0n) is 17.9. The molecule has 1 aliphatic rings. The van der Waals surface area contributed by atoms with Gasteiger partial charge in [0.15, 0.2) is 0 Å². The van der Waals surface area contributed by atoms with E-state index in [2.05, 4.69) is 41.4 Å². The molecule has 0 radical (unpaired) electrons. The summed E-state index contributed by atoms with van der Waals surface area (Å²) in [5.74, 6) is -0.0395. The second kappa shape index (κ2) is 13.9. The number of nitrogens with zero attached hydrogens (tertiary/aromatic N) is 1. The summed E-state index contributed by atoms with van der Waals surface area (Å²) in [7, 11) is 0. The maximum Gasteiger partial charge on any atom is 0.126 e. The summed E-state index contributed by atoms with van der Waals surface area (Å²) in [4.78, 5) is 2.42. The third kappa shape index (κ3) is 8.76. The Morgan fingerprint density at radius 3 is 2.59 bits per heavy atom. The topological polar surface area (TPSA) is 15.3 Å². The first-order valence-electron chi connectivity index (χ1n) is 10.8. The molecular formula is C26H35FN2. The Bertz CT molecular complexity index is 745. The monoisotopic (exact) mass is 394 g/mol.